The second-order valence-electron chi connectivity index (χ2n) is 4.08. The predicted molar refractivity (Wildman–Crippen MR) is 63.7 cm³/mol. The summed E-state index contributed by atoms with van der Waals surface area (Å²) in [4.78, 5) is 0. The van der Waals surface area contributed by atoms with E-state index < -0.39 is 0 Å². The van der Waals surface area contributed by atoms with Gasteiger partial charge in [0, 0.05) is 11.5 Å². The summed E-state index contributed by atoms with van der Waals surface area (Å²) < 4.78 is 14.1. The highest BCUT2D eigenvalue weighted by molar-refractivity contribution is 9.10. The number of halogens is 2. The third kappa shape index (κ3) is 1.67. The lowest BCUT2D eigenvalue weighted by Crippen LogP contribution is -1.81. The quantitative estimate of drug-likeness (QED) is 0.889. The van der Waals surface area contributed by atoms with Gasteiger partial charge in [-0.3, -0.25) is 5.10 Å². The molecule has 4 heteroatoms. The maximum atomic E-state index is 13.1. The van der Waals surface area contributed by atoms with Gasteiger partial charge in [-0.15, -0.1) is 0 Å². The standard InChI is InChI=1S/C12H10BrFN2/c13-10-11(7-4-5-7)15-16-12(10)8-2-1-3-9(14)6-8/h1-3,6-7H,4-5H2,(H,15,16). The van der Waals surface area contributed by atoms with E-state index in [2.05, 4.69) is 26.1 Å². The lowest BCUT2D eigenvalue weighted by molar-refractivity contribution is 0.628. The Kier molecular flexibility index (Phi) is 2.32. The van der Waals surface area contributed by atoms with Gasteiger partial charge in [-0.25, -0.2) is 4.39 Å². The summed E-state index contributed by atoms with van der Waals surface area (Å²) in [6.45, 7) is 0. The highest BCUT2D eigenvalue weighted by Gasteiger charge is 2.29. The molecule has 0 amide bonds. The van der Waals surface area contributed by atoms with E-state index in [9.17, 15) is 4.39 Å². The average molecular weight is 281 g/mol. The van der Waals surface area contributed by atoms with Crippen LogP contribution in [0.4, 0.5) is 4.39 Å². The zero-order valence-corrected chi connectivity index (χ0v) is 10.1. The molecule has 0 spiro atoms. The number of H-pyrrole nitrogens is 1. The number of benzene rings is 1. The molecule has 16 heavy (non-hydrogen) atoms. The van der Waals surface area contributed by atoms with Crippen LogP contribution in [-0.2, 0) is 0 Å². The van der Waals surface area contributed by atoms with Crippen molar-refractivity contribution in [2.24, 2.45) is 0 Å². The highest BCUT2D eigenvalue weighted by Crippen LogP contribution is 2.44. The summed E-state index contributed by atoms with van der Waals surface area (Å²) >= 11 is 3.54. The van der Waals surface area contributed by atoms with Crippen LogP contribution in [0.1, 0.15) is 24.5 Å². The van der Waals surface area contributed by atoms with Crippen molar-refractivity contribution in [2.45, 2.75) is 18.8 Å². The Morgan fingerprint density at radius 2 is 2.19 bits per heavy atom. The number of rotatable bonds is 2. The minimum absolute atomic E-state index is 0.236. The first kappa shape index (κ1) is 10.0. The molecule has 2 aromatic rings. The van der Waals surface area contributed by atoms with Crippen LogP contribution in [-0.4, -0.2) is 10.2 Å². The molecule has 1 N–H and O–H groups in total. The van der Waals surface area contributed by atoms with Crippen molar-refractivity contribution in [3.05, 3.63) is 40.2 Å². The molecule has 1 aliphatic rings. The molecule has 1 aliphatic carbocycles. The summed E-state index contributed by atoms with van der Waals surface area (Å²) in [6, 6.07) is 6.49. The van der Waals surface area contributed by atoms with Gasteiger partial charge in [0.05, 0.1) is 10.2 Å². The molecule has 1 aromatic carbocycles. The maximum absolute atomic E-state index is 13.1. The van der Waals surface area contributed by atoms with Crippen LogP contribution in [0.5, 0.6) is 0 Å². The summed E-state index contributed by atoms with van der Waals surface area (Å²) in [5, 5.41) is 7.28. The van der Waals surface area contributed by atoms with Crippen LogP contribution in [0, 0.1) is 5.82 Å². The van der Waals surface area contributed by atoms with Gasteiger partial charge in [0.2, 0.25) is 0 Å². The van der Waals surface area contributed by atoms with Crippen molar-refractivity contribution in [2.75, 3.05) is 0 Å². The second kappa shape index (κ2) is 3.70. The fourth-order valence-corrected chi connectivity index (χ4v) is 2.54. The fraction of sp³-hybridized carbons (Fsp3) is 0.250. The van der Waals surface area contributed by atoms with E-state index in [0.717, 1.165) is 21.4 Å². The van der Waals surface area contributed by atoms with Gasteiger partial charge in [0.25, 0.3) is 0 Å². The SMILES string of the molecule is Fc1cccc(-c2n[nH]c(C3CC3)c2Br)c1. The fourth-order valence-electron chi connectivity index (χ4n) is 1.81. The molecule has 1 heterocycles. The molecule has 1 fully saturated rings. The zero-order valence-electron chi connectivity index (χ0n) is 8.50. The van der Waals surface area contributed by atoms with Crippen molar-refractivity contribution < 1.29 is 4.39 Å². The van der Waals surface area contributed by atoms with Crippen molar-refractivity contribution >= 4 is 15.9 Å². The molecule has 82 valence electrons. The average Bonchev–Trinajstić information content (AvgIpc) is 3.03. The predicted octanol–water partition coefficient (Wildman–Crippen LogP) is 3.86. The van der Waals surface area contributed by atoms with E-state index in [4.69, 9.17) is 0 Å². The molecule has 1 aromatic heterocycles. The molecule has 0 radical (unpaired) electrons. The van der Waals surface area contributed by atoms with E-state index in [1.807, 2.05) is 6.07 Å². The molecule has 0 bridgehead atoms. The monoisotopic (exact) mass is 280 g/mol. The molecule has 0 aliphatic heterocycles. The molecular formula is C12H10BrFN2. The third-order valence-electron chi connectivity index (χ3n) is 2.82. The van der Waals surface area contributed by atoms with Gasteiger partial charge in [-0.05, 0) is 40.9 Å². The van der Waals surface area contributed by atoms with Crippen LogP contribution >= 0.6 is 15.9 Å². The summed E-state index contributed by atoms with van der Waals surface area (Å²) in [5.74, 6) is 0.365. The lowest BCUT2D eigenvalue weighted by Gasteiger charge is -1.98. The lowest BCUT2D eigenvalue weighted by atomic mass is 10.1. The Labute approximate surface area is 101 Å². The number of hydrogen-bond acceptors (Lipinski definition) is 1. The van der Waals surface area contributed by atoms with E-state index in [-0.39, 0.29) is 5.82 Å². The minimum atomic E-state index is -0.236. The topological polar surface area (TPSA) is 28.7 Å². The Hall–Kier alpha value is -1.16. The highest BCUT2D eigenvalue weighted by atomic mass is 79.9. The summed E-state index contributed by atoms with van der Waals surface area (Å²) in [6.07, 6.45) is 2.42. The van der Waals surface area contributed by atoms with Crippen LogP contribution in [0.2, 0.25) is 0 Å². The van der Waals surface area contributed by atoms with Gasteiger partial charge in [-0.1, -0.05) is 12.1 Å². The first-order valence-electron chi connectivity index (χ1n) is 5.25. The van der Waals surface area contributed by atoms with E-state index >= 15 is 0 Å². The largest absolute Gasteiger partial charge is 0.280 e. The van der Waals surface area contributed by atoms with Crippen LogP contribution < -0.4 is 0 Å². The molecule has 2 nitrogen and oxygen atoms in total. The molecule has 0 saturated heterocycles. The van der Waals surface area contributed by atoms with Gasteiger partial charge in [0.1, 0.15) is 11.5 Å². The Morgan fingerprint density at radius 1 is 1.38 bits per heavy atom. The first-order valence-corrected chi connectivity index (χ1v) is 6.04. The second-order valence-corrected chi connectivity index (χ2v) is 4.88. The van der Waals surface area contributed by atoms with Crippen LogP contribution in [0.25, 0.3) is 11.3 Å². The number of nitrogens with one attached hydrogen (secondary N) is 1. The van der Waals surface area contributed by atoms with Crippen molar-refractivity contribution in [3.8, 4) is 11.3 Å². The first-order chi connectivity index (χ1) is 7.75. The van der Waals surface area contributed by atoms with Crippen LogP contribution in [0.15, 0.2) is 28.7 Å². The number of aromatic amines is 1. The van der Waals surface area contributed by atoms with E-state index in [1.54, 1.807) is 6.07 Å². The van der Waals surface area contributed by atoms with Crippen molar-refractivity contribution in [1.82, 2.24) is 10.2 Å². The smallest absolute Gasteiger partial charge is 0.123 e. The van der Waals surface area contributed by atoms with Crippen molar-refractivity contribution in [3.63, 3.8) is 0 Å². The Balaban J connectivity index is 2.06. The van der Waals surface area contributed by atoms with E-state index in [0.29, 0.717) is 5.92 Å². The number of hydrogen-bond donors (Lipinski definition) is 1. The third-order valence-corrected chi connectivity index (χ3v) is 3.62. The maximum Gasteiger partial charge on any atom is 0.123 e. The molecule has 1 saturated carbocycles. The molecule has 0 atom stereocenters. The normalized spacial score (nSPS) is 15.4. The summed E-state index contributed by atoms with van der Waals surface area (Å²) in [7, 11) is 0. The van der Waals surface area contributed by atoms with Gasteiger partial charge in [0.15, 0.2) is 0 Å². The minimum Gasteiger partial charge on any atom is -0.280 e. The van der Waals surface area contributed by atoms with Gasteiger partial charge < -0.3 is 0 Å². The number of nitrogens with zero attached hydrogens (tertiary/aromatic N) is 1. The molecule has 0 unspecified atom stereocenters. The molecule has 3 rings (SSSR count). The molecular weight excluding hydrogens is 271 g/mol. The Bertz CT molecular complexity index is 532. The Morgan fingerprint density at radius 3 is 2.88 bits per heavy atom. The van der Waals surface area contributed by atoms with E-state index in [1.165, 1.54) is 25.0 Å². The van der Waals surface area contributed by atoms with Gasteiger partial charge >= 0.3 is 0 Å². The zero-order chi connectivity index (χ0) is 11.1. The van der Waals surface area contributed by atoms with Crippen molar-refractivity contribution in [1.29, 1.82) is 0 Å². The summed E-state index contributed by atoms with van der Waals surface area (Å²) in [5.41, 5.74) is 2.73. The van der Waals surface area contributed by atoms with Crippen LogP contribution in [0.3, 0.4) is 0 Å². The number of aromatic nitrogens is 2. The van der Waals surface area contributed by atoms with Gasteiger partial charge in [-0.2, -0.15) is 5.10 Å².